The van der Waals surface area contributed by atoms with E-state index in [0.29, 0.717) is 6.54 Å². The SMILES string of the molecule is COC(=O)C1CCCN(c2ccc(F)cc2)C1. The minimum absolute atomic E-state index is 0.0706. The molecule has 2 rings (SSSR count). The lowest BCUT2D eigenvalue weighted by molar-refractivity contribution is -0.145. The van der Waals surface area contributed by atoms with Crippen LogP contribution >= 0.6 is 0 Å². The lowest BCUT2D eigenvalue weighted by Gasteiger charge is -2.33. The third kappa shape index (κ3) is 2.75. The van der Waals surface area contributed by atoms with Gasteiger partial charge in [0.25, 0.3) is 0 Å². The summed E-state index contributed by atoms with van der Waals surface area (Å²) in [4.78, 5) is 13.6. The van der Waals surface area contributed by atoms with Gasteiger partial charge in [0.05, 0.1) is 13.0 Å². The van der Waals surface area contributed by atoms with Crippen LogP contribution in [0, 0.1) is 11.7 Å². The van der Waals surface area contributed by atoms with Crippen molar-refractivity contribution in [3.63, 3.8) is 0 Å². The van der Waals surface area contributed by atoms with Gasteiger partial charge in [-0.05, 0) is 37.1 Å². The number of benzene rings is 1. The topological polar surface area (TPSA) is 29.5 Å². The summed E-state index contributed by atoms with van der Waals surface area (Å²) in [7, 11) is 1.42. The molecule has 0 N–H and O–H groups in total. The van der Waals surface area contributed by atoms with Gasteiger partial charge in [-0.3, -0.25) is 4.79 Å². The molecule has 0 saturated carbocycles. The predicted octanol–water partition coefficient (Wildman–Crippen LogP) is 2.22. The highest BCUT2D eigenvalue weighted by atomic mass is 19.1. The van der Waals surface area contributed by atoms with Gasteiger partial charge in [-0.2, -0.15) is 0 Å². The molecular formula is C13H16FNO2. The third-order valence-electron chi connectivity index (χ3n) is 3.15. The van der Waals surface area contributed by atoms with Crippen LogP contribution in [0.25, 0.3) is 0 Å². The first-order valence-corrected chi connectivity index (χ1v) is 5.79. The van der Waals surface area contributed by atoms with Crippen LogP contribution in [0.4, 0.5) is 10.1 Å². The maximum Gasteiger partial charge on any atom is 0.310 e. The normalized spacial score (nSPS) is 20.1. The maximum atomic E-state index is 12.8. The van der Waals surface area contributed by atoms with Crippen LogP contribution in [0.5, 0.6) is 0 Å². The van der Waals surface area contributed by atoms with Gasteiger partial charge in [0.15, 0.2) is 0 Å². The maximum absolute atomic E-state index is 12.8. The van der Waals surface area contributed by atoms with Crippen LogP contribution in [-0.2, 0) is 9.53 Å². The first-order chi connectivity index (χ1) is 8.20. The Morgan fingerprint density at radius 1 is 1.41 bits per heavy atom. The Morgan fingerprint density at radius 2 is 2.12 bits per heavy atom. The average molecular weight is 237 g/mol. The lowest BCUT2D eigenvalue weighted by atomic mass is 9.98. The summed E-state index contributed by atoms with van der Waals surface area (Å²) in [5, 5.41) is 0. The number of hydrogen-bond acceptors (Lipinski definition) is 3. The zero-order valence-corrected chi connectivity index (χ0v) is 9.86. The molecule has 0 bridgehead atoms. The van der Waals surface area contributed by atoms with E-state index >= 15 is 0 Å². The van der Waals surface area contributed by atoms with Crippen molar-refractivity contribution in [2.45, 2.75) is 12.8 Å². The minimum Gasteiger partial charge on any atom is -0.469 e. The van der Waals surface area contributed by atoms with Gasteiger partial charge in [-0.15, -0.1) is 0 Å². The Balaban J connectivity index is 2.06. The highest BCUT2D eigenvalue weighted by molar-refractivity contribution is 5.73. The van der Waals surface area contributed by atoms with E-state index in [-0.39, 0.29) is 17.7 Å². The summed E-state index contributed by atoms with van der Waals surface area (Å²) in [6, 6.07) is 6.37. The summed E-state index contributed by atoms with van der Waals surface area (Å²) in [6.45, 7) is 1.55. The fraction of sp³-hybridized carbons (Fsp3) is 0.462. The molecule has 1 aliphatic heterocycles. The predicted molar refractivity (Wildman–Crippen MR) is 63.4 cm³/mol. The van der Waals surface area contributed by atoms with Crippen LogP contribution in [0.2, 0.25) is 0 Å². The molecule has 0 spiro atoms. The fourth-order valence-corrected chi connectivity index (χ4v) is 2.22. The van der Waals surface area contributed by atoms with Crippen molar-refractivity contribution in [1.29, 1.82) is 0 Å². The molecule has 1 saturated heterocycles. The largest absolute Gasteiger partial charge is 0.469 e. The van der Waals surface area contributed by atoms with Crippen molar-refractivity contribution in [2.75, 3.05) is 25.1 Å². The second kappa shape index (κ2) is 5.17. The Morgan fingerprint density at radius 3 is 2.76 bits per heavy atom. The number of rotatable bonds is 2. The highest BCUT2D eigenvalue weighted by Crippen LogP contribution is 2.23. The number of ether oxygens (including phenoxy) is 1. The van der Waals surface area contributed by atoms with E-state index in [1.54, 1.807) is 12.1 Å². The second-order valence-corrected chi connectivity index (χ2v) is 4.28. The molecule has 0 aromatic heterocycles. The highest BCUT2D eigenvalue weighted by Gasteiger charge is 2.26. The lowest BCUT2D eigenvalue weighted by Crippen LogP contribution is -2.39. The monoisotopic (exact) mass is 237 g/mol. The number of methoxy groups -OCH3 is 1. The third-order valence-corrected chi connectivity index (χ3v) is 3.15. The van der Waals surface area contributed by atoms with Crippen molar-refractivity contribution in [1.82, 2.24) is 0 Å². The Labute approximate surface area is 100 Å². The standard InChI is InChI=1S/C13H16FNO2/c1-17-13(16)10-3-2-8-15(9-10)12-6-4-11(14)5-7-12/h4-7,10H,2-3,8-9H2,1H3. The number of anilines is 1. The van der Waals surface area contributed by atoms with Crippen LogP contribution < -0.4 is 4.90 Å². The number of nitrogens with zero attached hydrogens (tertiary/aromatic N) is 1. The smallest absolute Gasteiger partial charge is 0.310 e. The fourth-order valence-electron chi connectivity index (χ4n) is 2.22. The van der Waals surface area contributed by atoms with Gasteiger partial charge in [0, 0.05) is 18.8 Å². The van der Waals surface area contributed by atoms with Crippen LogP contribution in [-0.4, -0.2) is 26.2 Å². The molecule has 1 aromatic carbocycles. The molecule has 0 amide bonds. The van der Waals surface area contributed by atoms with Crippen molar-refractivity contribution in [3.8, 4) is 0 Å². The number of hydrogen-bond donors (Lipinski definition) is 0. The molecule has 1 aliphatic rings. The summed E-state index contributed by atoms with van der Waals surface area (Å²) < 4.78 is 17.6. The minimum atomic E-state index is -0.240. The molecule has 1 aromatic rings. The van der Waals surface area contributed by atoms with Crippen LogP contribution in [0.15, 0.2) is 24.3 Å². The Hall–Kier alpha value is -1.58. The summed E-state index contributed by atoms with van der Waals surface area (Å²) in [5.41, 5.74) is 0.958. The molecule has 4 heteroatoms. The molecule has 3 nitrogen and oxygen atoms in total. The van der Waals surface area contributed by atoms with E-state index in [1.165, 1.54) is 19.2 Å². The molecule has 1 heterocycles. The van der Waals surface area contributed by atoms with E-state index in [4.69, 9.17) is 4.74 Å². The number of halogens is 1. The molecule has 0 aliphatic carbocycles. The summed E-state index contributed by atoms with van der Waals surface area (Å²) >= 11 is 0. The first kappa shape index (κ1) is 11.9. The Bertz CT molecular complexity index is 391. The molecule has 1 unspecified atom stereocenters. The van der Waals surface area contributed by atoms with Crippen molar-refractivity contribution < 1.29 is 13.9 Å². The van der Waals surface area contributed by atoms with E-state index in [9.17, 15) is 9.18 Å². The van der Waals surface area contributed by atoms with E-state index in [0.717, 1.165) is 25.1 Å². The van der Waals surface area contributed by atoms with Gasteiger partial charge in [-0.1, -0.05) is 0 Å². The van der Waals surface area contributed by atoms with Gasteiger partial charge in [-0.25, -0.2) is 4.39 Å². The summed E-state index contributed by atoms with van der Waals surface area (Å²) in [5.74, 6) is -0.467. The van der Waals surface area contributed by atoms with Crippen molar-refractivity contribution in [3.05, 3.63) is 30.1 Å². The number of piperidine rings is 1. The molecule has 1 fully saturated rings. The number of esters is 1. The van der Waals surface area contributed by atoms with Crippen LogP contribution in [0.1, 0.15) is 12.8 Å². The molecular weight excluding hydrogens is 221 g/mol. The van der Waals surface area contributed by atoms with Gasteiger partial charge >= 0.3 is 5.97 Å². The average Bonchev–Trinajstić information content (AvgIpc) is 2.39. The van der Waals surface area contributed by atoms with Crippen LogP contribution in [0.3, 0.4) is 0 Å². The number of carbonyl (C=O) groups is 1. The van der Waals surface area contributed by atoms with Gasteiger partial charge in [0.1, 0.15) is 5.82 Å². The molecule has 92 valence electrons. The second-order valence-electron chi connectivity index (χ2n) is 4.28. The van der Waals surface area contributed by atoms with Crippen molar-refractivity contribution in [2.24, 2.45) is 5.92 Å². The van der Waals surface area contributed by atoms with Crippen molar-refractivity contribution >= 4 is 11.7 Å². The Kier molecular flexibility index (Phi) is 3.61. The van der Waals surface area contributed by atoms with E-state index in [2.05, 4.69) is 4.90 Å². The zero-order chi connectivity index (χ0) is 12.3. The first-order valence-electron chi connectivity index (χ1n) is 5.79. The molecule has 1 atom stereocenters. The zero-order valence-electron chi connectivity index (χ0n) is 9.86. The van der Waals surface area contributed by atoms with Gasteiger partial charge in [0.2, 0.25) is 0 Å². The molecule has 17 heavy (non-hydrogen) atoms. The van der Waals surface area contributed by atoms with E-state index in [1.807, 2.05) is 0 Å². The number of carbonyl (C=O) groups excluding carboxylic acids is 1. The quantitative estimate of drug-likeness (QED) is 0.739. The van der Waals surface area contributed by atoms with E-state index < -0.39 is 0 Å². The molecule has 0 radical (unpaired) electrons. The van der Waals surface area contributed by atoms with Gasteiger partial charge < -0.3 is 9.64 Å². The summed E-state index contributed by atoms with van der Waals surface area (Å²) in [6.07, 6.45) is 1.82.